The standard InChI is InChI=1S/C24H33NO5/c1-22-7-5-14(26)9-13(22)3-4-18-19(22)10-20(27)23(2)17(6-8-24(18,23)29)16-12-30-21(28)15(16)11-25/h13-14,17-20,26-27,29H,3-10,12H2,1-2H3/t13-,14+,17-,18-,19+,20-,22+,23+,24?/m1/s1. The van der Waals surface area contributed by atoms with Gasteiger partial charge in [-0.15, -0.1) is 0 Å². The number of nitriles is 1. The minimum atomic E-state index is -1.02. The maximum Gasteiger partial charge on any atom is 0.349 e. The Kier molecular flexibility index (Phi) is 4.47. The minimum absolute atomic E-state index is 0.0296. The van der Waals surface area contributed by atoms with Crippen LogP contribution >= 0.6 is 0 Å². The zero-order valence-corrected chi connectivity index (χ0v) is 17.9. The summed E-state index contributed by atoms with van der Waals surface area (Å²) in [5.41, 5.74) is -1.06. The molecule has 0 amide bonds. The molecule has 4 fully saturated rings. The van der Waals surface area contributed by atoms with Gasteiger partial charge < -0.3 is 20.1 Å². The van der Waals surface area contributed by atoms with E-state index in [4.69, 9.17) is 4.74 Å². The molecule has 9 atom stereocenters. The predicted octanol–water partition coefficient (Wildman–Crippen LogP) is 2.47. The lowest BCUT2D eigenvalue weighted by atomic mass is 9.42. The molecule has 0 aromatic rings. The van der Waals surface area contributed by atoms with Crippen LogP contribution in [0, 0.1) is 45.8 Å². The highest BCUT2D eigenvalue weighted by Crippen LogP contribution is 2.70. The lowest BCUT2D eigenvalue weighted by molar-refractivity contribution is -0.245. The largest absolute Gasteiger partial charge is 0.457 e. The molecule has 1 unspecified atom stereocenters. The lowest BCUT2D eigenvalue weighted by Gasteiger charge is -2.64. The number of esters is 1. The van der Waals surface area contributed by atoms with Gasteiger partial charge in [0.25, 0.3) is 0 Å². The van der Waals surface area contributed by atoms with Gasteiger partial charge in [0.15, 0.2) is 0 Å². The number of hydrogen-bond donors (Lipinski definition) is 3. The molecule has 30 heavy (non-hydrogen) atoms. The van der Waals surface area contributed by atoms with Crippen LogP contribution in [0.4, 0.5) is 0 Å². The number of fused-ring (bicyclic) bond motifs is 5. The van der Waals surface area contributed by atoms with Crippen LogP contribution < -0.4 is 0 Å². The first-order valence-electron chi connectivity index (χ1n) is 11.6. The van der Waals surface area contributed by atoms with E-state index < -0.39 is 23.1 Å². The van der Waals surface area contributed by atoms with Crippen molar-refractivity contribution >= 4 is 5.97 Å². The van der Waals surface area contributed by atoms with E-state index in [9.17, 15) is 25.4 Å². The first-order chi connectivity index (χ1) is 14.2. The van der Waals surface area contributed by atoms with E-state index in [0.29, 0.717) is 30.8 Å². The molecule has 0 aromatic carbocycles. The summed E-state index contributed by atoms with van der Waals surface area (Å²) in [5, 5.41) is 43.4. The van der Waals surface area contributed by atoms with Gasteiger partial charge in [0.1, 0.15) is 18.2 Å². The van der Waals surface area contributed by atoms with Crippen LogP contribution in [-0.2, 0) is 9.53 Å². The second-order valence-corrected chi connectivity index (χ2v) is 11.1. The summed E-state index contributed by atoms with van der Waals surface area (Å²) in [5.74, 6) is -0.0478. The topological polar surface area (TPSA) is 111 Å². The quantitative estimate of drug-likeness (QED) is 0.568. The van der Waals surface area contributed by atoms with E-state index in [-0.39, 0.29) is 41.5 Å². The molecule has 0 radical (unpaired) electrons. The van der Waals surface area contributed by atoms with Crippen molar-refractivity contribution in [2.24, 2.45) is 34.5 Å². The van der Waals surface area contributed by atoms with Gasteiger partial charge in [-0.25, -0.2) is 4.79 Å². The van der Waals surface area contributed by atoms with Crippen molar-refractivity contribution in [1.29, 1.82) is 5.26 Å². The zero-order valence-electron chi connectivity index (χ0n) is 17.9. The monoisotopic (exact) mass is 415 g/mol. The highest BCUT2D eigenvalue weighted by molar-refractivity contribution is 5.96. The Morgan fingerprint density at radius 3 is 2.57 bits per heavy atom. The fourth-order valence-electron chi connectivity index (χ4n) is 8.55. The Balaban J connectivity index is 1.54. The molecule has 1 aliphatic heterocycles. The van der Waals surface area contributed by atoms with Gasteiger partial charge in [0.05, 0.1) is 17.8 Å². The van der Waals surface area contributed by atoms with Crippen molar-refractivity contribution in [3.8, 4) is 6.07 Å². The molecule has 5 aliphatic rings. The van der Waals surface area contributed by atoms with E-state index >= 15 is 0 Å². The number of rotatable bonds is 1. The van der Waals surface area contributed by atoms with Gasteiger partial charge in [0, 0.05) is 5.41 Å². The predicted molar refractivity (Wildman–Crippen MR) is 108 cm³/mol. The summed E-state index contributed by atoms with van der Waals surface area (Å²) >= 11 is 0. The Morgan fingerprint density at radius 1 is 1.07 bits per heavy atom. The fourth-order valence-corrected chi connectivity index (χ4v) is 8.55. The van der Waals surface area contributed by atoms with Crippen LogP contribution in [0.1, 0.15) is 65.2 Å². The Bertz CT molecular complexity index is 847. The Labute approximate surface area is 177 Å². The fraction of sp³-hybridized carbons (Fsp3) is 0.833. The third-order valence-corrected chi connectivity index (χ3v) is 10.3. The summed E-state index contributed by atoms with van der Waals surface area (Å²) < 4.78 is 5.16. The SMILES string of the molecule is C[C@]12CC[C@H](O)C[C@H]1CC[C@@H]1[C@@H]2C[C@@H](O)[C@]2(C)[C@@H](C3=C(C#N)C(=O)OC3)CCC12O. The van der Waals surface area contributed by atoms with Crippen LogP contribution in [0.25, 0.3) is 0 Å². The first kappa shape index (κ1) is 20.5. The van der Waals surface area contributed by atoms with Gasteiger partial charge in [-0.3, -0.25) is 0 Å². The van der Waals surface area contributed by atoms with Gasteiger partial charge in [-0.05, 0) is 86.0 Å². The van der Waals surface area contributed by atoms with E-state index in [0.717, 1.165) is 32.1 Å². The molecule has 0 aromatic heterocycles. The van der Waals surface area contributed by atoms with Crippen molar-refractivity contribution in [3.63, 3.8) is 0 Å². The highest BCUT2D eigenvalue weighted by Gasteiger charge is 2.71. The van der Waals surface area contributed by atoms with Crippen molar-refractivity contribution in [3.05, 3.63) is 11.1 Å². The molecule has 5 rings (SSSR count). The third kappa shape index (κ3) is 2.37. The van der Waals surface area contributed by atoms with Crippen molar-refractivity contribution < 1.29 is 24.9 Å². The molecule has 6 nitrogen and oxygen atoms in total. The second-order valence-electron chi connectivity index (χ2n) is 11.1. The maximum atomic E-state index is 12.2. The minimum Gasteiger partial charge on any atom is -0.457 e. The number of cyclic esters (lactones) is 1. The van der Waals surface area contributed by atoms with E-state index in [1.165, 1.54) is 0 Å². The molecule has 0 saturated heterocycles. The molecule has 4 aliphatic carbocycles. The average molecular weight is 416 g/mol. The van der Waals surface area contributed by atoms with Gasteiger partial charge in [0.2, 0.25) is 0 Å². The summed E-state index contributed by atoms with van der Waals surface area (Å²) in [4.78, 5) is 12.0. The molecule has 0 spiro atoms. The van der Waals surface area contributed by atoms with Crippen molar-refractivity contribution in [2.45, 2.75) is 83.0 Å². The molecule has 3 N–H and O–H groups in total. The van der Waals surface area contributed by atoms with Crippen LogP contribution in [0.2, 0.25) is 0 Å². The number of carbonyl (C=O) groups is 1. The summed E-state index contributed by atoms with van der Waals surface area (Å²) in [6.45, 7) is 4.37. The first-order valence-corrected chi connectivity index (χ1v) is 11.6. The van der Waals surface area contributed by atoms with Gasteiger partial charge in [-0.1, -0.05) is 13.8 Å². The molecular formula is C24H33NO5. The van der Waals surface area contributed by atoms with Crippen LogP contribution in [-0.4, -0.2) is 45.7 Å². The third-order valence-electron chi connectivity index (χ3n) is 10.3. The van der Waals surface area contributed by atoms with Crippen LogP contribution in [0.3, 0.4) is 0 Å². The molecule has 4 saturated carbocycles. The van der Waals surface area contributed by atoms with E-state index in [1.807, 2.05) is 13.0 Å². The van der Waals surface area contributed by atoms with Crippen LogP contribution in [0.15, 0.2) is 11.1 Å². The highest BCUT2D eigenvalue weighted by atomic mass is 16.5. The lowest BCUT2D eigenvalue weighted by Crippen LogP contribution is -2.67. The number of carbonyl (C=O) groups excluding carboxylic acids is 1. The number of nitrogens with zero attached hydrogens (tertiary/aromatic N) is 1. The number of aliphatic hydroxyl groups excluding tert-OH is 2. The molecule has 1 heterocycles. The Morgan fingerprint density at radius 2 is 1.83 bits per heavy atom. The van der Waals surface area contributed by atoms with Crippen molar-refractivity contribution in [1.82, 2.24) is 0 Å². The average Bonchev–Trinajstić information content (AvgIpc) is 3.21. The molecule has 164 valence electrons. The number of ether oxygens (including phenoxy) is 1. The normalized spacial score (nSPS) is 52.9. The number of aliphatic hydroxyl groups is 3. The molecule has 0 bridgehead atoms. The smallest absolute Gasteiger partial charge is 0.349 e. The summed E-state index contributed by atoms with van der Waals surface area (Å²) in [7, 11) is 0. The van der Waals surface area contributed by atoms with Gasteiger partial charge in [-0.2, -0.15) is 5.26 Å². The second kappa shape index (κ2) is 6.54. The summed E-state index contributed by atoms with van der Waals surface area (Å²) in [6.07, 6.45) is 5.39. The van der Waals surface area contributed by atoms with Gasteiger partial charge >= 0.3 is 5.97 Å². The van der Waals surface area contributed by atoms with Crippen molar-refractivity contribution in [2.75, 3.05) is 6.61 Å². The Hall–Kier alpha value is -1.42. The number of hydrogen-bond acceptors (Lipinski definition) is 6. The van der Waals surface area contributed by atoms with E-state index in [2.05, 4.69) is 6.92 Å². The molecular weight excluding hydrogens is 382 g/mol. The van der Waals surface area contributed by atoms with Crippen LogP contribution in [0.5, 0.6) is 0 Å². The van der Waals surface area contributed by atoms with E-state index in [1.54, 1.807) is 0 Å². The zero-order chi connectivity index (χ0) is 21.5. The summed E-state index contributed by atoms with van der Waals surface area (Å²) in [6, 6.07) is 2.00. The maximum absolute atomic E-state index is 12.2. The molecule has 6 heteroatoms.